The summed E-state index contributed by atoms with van der Waals surface area (Å²) in [4.78, 5) is 34.0. The van der Waals surface area contributed by atoms with E-state index in [4.69, 9.17) is 4.74 Å². The van der Waals surface area contributed by atoms with E-state index < -0.39 is 18.3 Å². The second-order valence-electron chi connectivity index (χ2n) is 6.78. The largest absolute Gasteiger partial charge is 0.523 e. The Bertz CT molecular complexity index is 860. The number of hydrogen-bond acceptors (Lipinski definition) is 6. The molecule has 0 atom stereocenters. The first-order valence-corrected chi connectivity index (χ1v) is 8.89. The maximum absolute atomic E-state index is 11.7. The highest BCUT2D eigenvalue weighted by Gasteiger charge is 2.23. The molecule has 2 N–H and O–H groups in total. The van der Waals surface area contributed by atoms with Crippen LogP contribution in [0.4, 0.5) is 14.4 Å². The Kier molecular flexibility index (Phi) is 7.19. The molecule has 0 unspecified atom stereocenters. The quantitative estimate of drug-likeness (QED) is 0.342. The number of carbonyl (C=O) groups excluding carboxylic acids is 3. The third kappa shape index (κ3) is 6.24. The van der Waals surface area contributed by atoms with Gasteiger partial charge in [0, 0.05) is 5.41 Å². The van der Waals surface area contributed by atoms with Crippen molar-refractivity contribution in [2.45, 2.75) is 26.2 Å². The van der Waals surface area contributed by atoms with Crippen molar-refractivity contribution < 1.29 is 28.6 Å². The third-order valence-corrected chi connectivity index (χ3v) is 4.38. The van der Waals surface area contributed by atoms with Crippen LogP contribution in [0, 0.1) is 6.92 Å². The molecule has 0 aromatic heterocycles. The molecule has 0 fully saturated rings. The summed E-state index contributed by atoms with van der Waals surface area (Å²) in [5, 5.41) is 4.34. The highest BCUT2D eigenvalue weighted by atomic mass is 16.7. The Hall–Kier alpha value is -3.55. The lowest BCUT2D eigenvalue weighted by Crippen LogP contribution is -2.38. The van der Waals surface area contributed by atoms with Crippen molar-refractivity contribution in [1.29, 1.82) is 0 Å². The molecular weight excluding hydrogens is 376 g/mol. The molecule has 2 aromatic carbocycles. The molecule has 0 radical (unpaired) electrons. The number of methoxy groups -OCH3 is 1. The minimum Gasteiger partial charge on any atom is -0.453 e. The molecule has 0 spiro atoms. The summed E-state index contributed by atoms with van der Waals surface area (Å²) in [5.74, 6) is 0.235. The first-order chi connectivity index (χ1) is 13.7. The average Bonchev–Trinajstić information content (AvgIpc) is 2.68. The van der Waals surface area contributed by atoms with Gasteiger partial charge in [0.1, 0.15) is 5.75 Å². The lowest BCUT2D eigenvalue weighted by molar-refractivity contribution is 0.115. The predicted octanol–water partition coefficient (Wildman–Crippen LogP) is 3.86. The van der Waals surface area contributed by atoms with Crippen LogP contribution < -0.4 is 15.4 Å². The van der Waals surface area contributed by atoms with Crippen LogP contribution in [0.3, 0.4) is 0 Å². The monoisotopic (exact) mass is 400 g/mol. The van der Waals surface area contributed by atoms with Crippen LogP contribution in [0.5, 0.6) is 5.75 Å². The first kappa shape index (κ1) is 21.7. The van der Waals surface area contributed by atoms with Crippen molar-refractivity contribution in [3.63, 3.8) is 0 Å². The Morgan fingerprint density at radius 1 is 0.862 bits per heavy atom. The van der Waals surface area contributed by atoms with Gasteiger partial charge in [-0.25, -0.2) is 14.4 Å². The van der Waals surface area contributed by atoms with Gasteiger partial charge in [-0.3, -0.25) is 0 Å². The zero-order chi connectivity index (χ0) is 21.4. The van der Waals surface area contributed by atoms with E-state index in [1.165, 1.54) is 12.7 Å². The summed E-state index contributed by atoms with van der Waals surface area (Å²) < 4.78 is 13.8. The van der Waals surface area contributed by atoms with Gasteiger partial charge in [0.05, 0.1) is 13.8 Å². The van der Waals surface area contributed by atoms with E-state index in [0.717, 1.165) is 11.1 Å². The number of benzene rings is 2. The topological polar surface area (TPSA) is 103 Å². The molecule has 2 rings (SSSR count). The summed E-state index contributed by atoms with van der Waals surface area (Å²) in [6, 6.07) is 15.3. The van der Waals surface area contributed by atoms with Crippen LogP contribution in [-0.2, 0) is 14.9 Å². The van der Waals surface area contributed by atoms with Crippen LogP contribution in [-0.4, -0.2) is 32.1 Å². The molecule has 2 aromatic rings. The van der Waals surface area contributed by atoms with Gasteiger partial charge < -0.3 is 24.8 Å². The Labute approximate surface area is 169 Å². The maximum Gasteiger partial charge on any atom is 0.523 e. The number of aryl methyl sites for hydroxylation is 1. The molecule has 0 aliphatic carbocycles. The number of nitrogens with one attached hydrogen (secondary N) is 2. The summed E-state index contributed by atoms with van der Waals surface area (Å²) in [6.45, 7) is 5.99. The summed E-state index contributed by atoms with van der Waals surface area (Å²) >= 11 is 0. The van der Waals surface area contributed by atoms with Crippen LogP contribution in [0.1, 0.15) is 30.5 Å². The zero-order valence-electron chi connectivity index (χ0n) is 16.8. The minimum absolute atomic E-state index is 0.235. The number of carbonyl (C=O) groups is 3. The molecule has 0 aliphatic rings. The SMILES string of the molecule is COC(=O)NCNC(=O)OC(=O)Oc1ccc(C(C)(C)c2ccc(C)cc2)cc1. The highest BCUT2D eigenvalue weighted by Crippen LogP contribution is 2.32. The predicted molar refractivity (Wildman–Crippen MR) is 106 cm³/mol. The molecule has 0 saturated carbocycles. The van der Waals surface area contributed by atoms with Gasteiger partial charge in [-0.1, -0.05) is 55.8 Å². The van der Waals surface area contributed by atoms with E-state index in [0.29, 0.717) is 0 Å². The Balaban J connectivity index is 1.91. The molecule has 0 bridgehead atoms. The van der Waals surface area contributed by atoms with Crippen molar-refractivity contribution >= 4 is 18.3 Å². The normalized spacial score (nSPS) is 10.6. The second-order valence-corrected chi connectivity index (χ2v) is 6.78. The fourth-order valence-electron chi connectivity index (χ4n) is 2.57. The van der Waals surface area contributed by atoms with E-state index in [1.807, 2.05) is 19.1 Å². The molecule has 0 aliphatic heterocycles. The number of rotatable bonds is 5. The van der Waals surface area contributed by atoms with Crippen LogP contribution >= 0.6 is 0 Å². The summed E-state index contributed by atoms with van der Waals surface area (Å²) in [7, 11) is 1.18. The van der Waals surface area contributed by atoms with Gasteiger partial charge >= 0.3 is 18.3 Å². The fraction of sp³-hybridized carbons (Fsp3) is 0.286. The zero-order valence-corrected chi connectivity index (χ0v) is 16.8. The number of hydrogen-bond donors (Lipinski definition) is 2. The van der Waals surface area contributed by atoms with Crippen molar-refractivity contribution in [3.8, 4) is 5.75 Å². The van der Waals surface area contributed by atoms with Gasteiger partial charge in [0.25, 0.3) is 0 Å². The van der Waals surface area contributed by atoms with Gasteiger partial charge in [-0.05, 0) is 30.2 Å². The highest BCUT2D eigenvalue weighted by molar-refractivity contribution is 5.81. The molecular formula is C21H24N2O6. The number of ether oxygens (including phenoxy) is 3. The van der Waals surface area contributed by atoms with Gasteiger partial charge in [0.2, 0.25) is 0 Å². The number of amides is 2. The standard InChI is InChI=1S/C21H24N2O6/c1-14-5-7-15(8-6-14)21(2,3)16-9-11-17(12-10-16)28-20(26)29-19(25)23-13-22-18(24)27-4/h5-12H,13H2,1-4H3,(H,22,24)(H,23,25). The minimum atomic E-state index is -1.19. The summed E-state index contributed by atoms with van der Waals surface area (Å²) in [6.07, 6.45) is -2.99. The van der Waals surface area contributed by atoms with Crippen molar-refractivity contribution in [1.82, 2.24) is 10.6 Å². The van der Waals surface area contributed by atoms with Gasteiger partial charge in [-0.15, -0.1) is 0 Å². The van der Waals surface area contributed by atoms with Crippen LogP contribution in [0.2, 0.25) is 0 Å². The second kappa shape index (κ2) is 9.59. The maximum atomic E-state index is 11.7. The molecule has 8 heteroatoms. The molecule has 0 saturated heterocycles. The Morgan fingerprint density at radius 2 is 1.38 bits per heavy atom. The van der Waals surface area contributed by atoms with Crippen molar-refractivity contribution in [2.75, 3.05) is 13.8 Å². The molecule has 8 nitrogen and oxygen atoms in total. The summed E-state index contributed by atoms with van der Waals surface area (Å²) in [5.41, 5.74) is 3.15. The van der Waals surface area contributed by atoms with E-state index in [9.17, 15) is 14.4 Å². The van der Waals surface area contributed by atoms with E-state index in [1.54, 1.807) is 12.1 Å². The van der Waals surface area contributed by atoms with Crippen LogP contribution in [0.25, 0.3) is 0 Å². The molecule has 2 amide bonds. The third-order valence-electron chi connectivity index (χ3n) is 4.38. The first-order valence-electron chi connectivity index (χ1n) is 8.89. The molecule has 154 valence electrons. The van der Waals surface area contributed by atoms with Gasteiger partial charge in [-0.2, -0.15) is 0 Å². The fourth-order valence-corrected chi connectivity index (χ4v) is 2.57. The van der Waals surface area contributed by atoms with Crippen molar-refractivity contribution in [2.24, 2.45) is 0 Å². The number of alkyl carbamates (subject to hydrolysis) is 2. The van der Waals surface area contributed by atoms with Gasteiger partial charge in [0.15, 0.2) is 0 Å². The van der Waals surface area contributed by atoms with Crippen LogP contribution in [0.15, 0.2) is 48.5 Å². The van der Waals surface area contributed by atoms with Crippen molar-refractivity contribution in [3.05, 3.63) is 65.2 Å². The smallest absolute Gasteiger partial charge is 0.453 e. The average molecular weight is 400 g/mol. The van der Waals surface area contributed by atoms with E-state index in [2.05, 4.69) is 58.2 Å². The van der Waals surface area contributed by atoms with E-state index >= 15 is 0 Å². The lowest BCUT2D eigenvalue weighted by Gasteiger charge is -2.26. The molecule has 0 heterocycles. The molecule has 29 heavy (non-hydrogen) atoms. The van der Waals surface area contributed by atoms with E-state index in [-0.39, 0.29) is 17.8 Å². The Morgan fingerprint density at radius 3 is 1.93 bits per heavy atom. The lowest BCUT2D eigenvalue weighted by atomic mass is 9.78.